The third-order valence-corrected chi connectivity index (χ3v) is 12.0. The average Bonchev–Trinajstić information content (AvgIpc) is 3.95. The van der Waals surface area contributed by atoms with E-state index in [1.54, 1.807) is 0 Å². The Bertz CT molecular complexity index is 1740. The minimum Gasteiger partial charge on any atom is -0.381 e. The molecule has 0 saturated carbocycles. The molecule has 10 heteroatoms. The number of carbonyl (C=O) groups excluding carboxylic acids is 1. The van der Waals surface area contributed by atoms with Crippen LogP contribution in [0.2, 0.25) is 0 Å². The Balaban J connectivity index is 0.000000143. The van der Waals surface area contributed by atoms with Crippen molar-refractivity contribution < 1.29 is 9.53 Å². The quantitative estimate of drug-likeness (QED) is 0.303. The fourth-order valence-corrected chi connectivity index (χ4v) is 8.61. The SMILES string of the molecule is C1CCOC1.CC(C(=O)N1CCn2c(cc3ccccc32)C1)N1CCN(C)CC1.CC(CN1CCn2c(cc3ccccc32)C1)N1CCN(C)CC1. The Labute approximate surface area is 311 Å². The summed E-state index contributed by atoms with van der Waals surface area (Å²) in [5.74, 6) is 0.274. The maximum Gasteiger partial charge on any atom is 0.240 e. The number of carbonyl (C=O) groups is 1. The standard InChI is InChI=1S/C19H26N4O.C19H28N4.C4H8O/c1-15(21-9-7-20(2)8-10-21)19(24)22-11-12-23-17(14-22)13-16-5-3-4-6-18(16)23;1-16(22-10-7-20(2)8-11-22)14-21-9-12-23-18(15-21)13-17-5-3-4-6-19(17)23;1-2-4-5-3-1/h3-6,13,15H,7-12,14H2,1-2H3;3-6,13,16H,7-12,14-15H2,1-2H3;1-4H2. The van der Waals surface area contributed by atoms with Crippen molar-refractivity contribution in [2.45, 2.75) is 65.0 Å². The van der Waals surface area contributed by atoms with E-state index in [2.05, 4.69) is 122 Å². The van der Waals surface area contributed by atoms with Crippen LogP contribution < -0.4 is 0 Å². The molecule has 0 bridgehead atoms. The van der Waals surface area contributed by atoms with Gasteiger partial charge in [0.1, 0.15) is 0 Å². The van der Waals surface area contributed by atoms with Gasteiger partial charge in [0.15, 0.2) is 0 Å². The Morgan fingerprint density at radius 3 is 1.71 bits per heavy atom. The second kappa shape index (κ2) is 17.3. The van der Waals surface area contributed by atoms with E-state index in [1.807, 2.05) is 4.90 Å². The van der Waals surface area contributed by atoms with Crippen molar-refractivity contribution >= 4 is 27.7 Å². The topological polar surface area (TPSA) is 55.6 Å². The first kappa shape index (κ1) is 37.1. The van der Waals surface area contributed by atoms with E-state index in [1.165, 1.54) is 85.3 Å². The van der Waals surface area contributed by atoms with Crippen molar-refractivity contribution in [3.8, 4) is 0 Å². The van der Waals surface area contributed by atoms with Gasteiger partial charge in [0.05, 0.1) is 12.6 Å². The van der Waals surface area contributed by atoms with Gasteiger partial charge < -0.3 is 28.6 Å². The molecule has 5 aliphatic heterocycles. The van der Waals surface area contributed by atoms with Crippen LogP contribution in [0.3, 0.4) is 0 Å². The summed E-state index contributed by atoms with van der Waals surface area (Å²) in [5, 5.41) is 2.66. The second-order valence-corrected chi connectivity index (χ2v) is 15.7. The van der Waals surface area contributed by atoms with Crippen LogP contribution in [-0.4, -0.2) is 156 Å². The number of hydrogen-bond acceptors (Lipinski definition) is 7. The van der Waals surface area contributed by atoms with Crippen molar-refractivity contribution in [3.05, 3.63) is 72.1 Å². The van der Waals surface area contributed by atoms with E-state index in [-0.39, 0.29) is 11.9 Å². The van der Waals surface area contributed by atoms with Crippen molar-refractivity contribution in [3.63, 3.8) is 0 Å². The van der Waals surface area contributed by atoms with Gasteiger partial charge in [-0.1, -0.05) is 36.4 Å². The number of fused-ring (bicyclic) bond motifs is 6. The highest BCUT2D eigenvalue weighted by atomic mass is 16.5. The molecule has 0 N–H and O–H groups in total. The van der Waals surface area contributed by atoms with Crippen molar-refractivity contribution in [2.24, 2.45) is 0 Å². The number of likely N-dealkylation sites (N-methyl/N-ethyl adjacent to an activating group) is 2. The first-order valence-corrected chi connectivity index (χ1v) is 19.9. The van der Waals surface area contributed by atoms with Gasteiger partial charge in [-0.2, -0.15) is 0 Å². The fraction of sp³-hybridized carbons (Fsp3) is 0.595. The van der Waals surface area contributed by atoms with E-state index in [9.17, 15) is 4.79 Å². The predicted molar refractivity (Wildman–Crippen MR) is 212 cm³/mol. The van der Waals surface area contributed by atoms with Crippen LogP contribution >= 0.6 is 0 Å². The Hall–Kier alpha value is -3.25. The lowest BCUT2D eigenvalue weighted by molar-refractivity contribution is -0.138. The third kappa shape index (κ3) is 8.75. The monoisotopic (exact) mass is 710 g/mol. The number of para-hydroxylation sites is 2. The van der Waals surface area contributed by atoms with Crippen LogP contribution in [0.4, 0.5) is 0 Å². The highest BCUT2D eigenvalue weighted by molar-refractivity contribution is 5.84. The zero-order chi connectivity index (χ0) is 36.0. The van der Waals surface area contributed by atoms with Gasteiger partial charge in [0.25, 0.3) is 0 Å². The van der Waals surface area contributed by atoms with Crippen LogP contribution in [0.15, 0.2) is 60.7 Å². The molecule has 4 aromatic rings. The molecule has 3 fully saturated rings. The lowest BCUT2D eigenvalue weighted by Gasteiger charge is -2.39. The Kier molecular flexibility index (Phi) is 12.3. The summed E-state index contributed by atoms with van der Waals surface area (Å²) < 4.78 is 9.81. The van der Waals surface area contributed by atoms with Gasteiger partial charge in [0, 0.05) is 133 Å². The van der Waals surface area contributed by atoms with Crippen molar-refractivity contribution in [1.82, 2.24) is 38.5 Å². The van der Waals surface area contributed by atoms with Crippen molar-refractivity contribution in [1.29, 1.82) is 0 Å². The Morgan fingerprint density at radius 2 is 1.15 bits per heavy atom. The van der Waals surface area contributed by atoms with Gasteiger partial charge in [0.2, 0.25) is 5.91 Å². The minimum atomic E-state index is -0.0189. The van der Waals surface area contributed by atoms with E-state index in [0.717, 1.165) is 72.1 Å². The number of hydrogen-bond donors (Lipinski definition) is 0. The zero-order valence-electron chi connectivity index (χ0n) is 32.3. The molecule has 3 saturated heterocycles. The van der Waals surface area contributed by atoms with Crippen LogP contribution in [0.1, 0.15) is 38.1 Å². The largest absolute Gasteiger partial charge is 0.381 e. The summed E-state index contributed by atoms with van der Waals surface area (Å²) in [4.78, 5) is 27.4. The summed E-state index contributed by atoms with van der Waals surface area (Å²) in [7, 11) is 4.37. The number of aromatic nitrogens is 2. The summed E-state index contributed by atoms with van der Waals surface area (Å²) in [6.07, 6.45) is 2.56. The van der Waals surface area contributed by atoms with Crippen LogP contribution in [-0.2, 0) is 35.7 Å². The van der Waals surface area contributed by atoms with E-state index < -0.39 is 0 Å². The van der Waals surface area contributed by atoms with E-state index >= 15 is 0 Å². The molecule has 10 nitrogen and oxygen atoms in total. The molecule has 0 aliphatic carbocycles. The van der Waals surface area contributed by atoms with Crippen LogP contribution in [0.25, 0.3) is 21.8 Å². The van der Waals surface area contributed by atoms with Crippen LogP contribution in [0, 0.1) is 0 Å². The number of benzene rings is 2. The average molecular weight is 711 g/mol. The maximum atomic E-state index is 13.0. The van der Waals surface area contributed by atoms with Crippen LogP contribution in [0.5, 0.6) is 0 Å². The first-order valence-electron chi connectivity index (χ1n) is 19.9. The lowest BCUT2D eigenvalue weighted by atomic mass is 10.2. The molecular formula is C42H62N8O2. The lowest BCUT2D eigenvalue weighted by Crippen LogP contribution is -2.54. The van der Waals surface area contributed by atoms with Gasteiger partial charge in [-0.3, -0.25) is 19.5 Å². The maximum absolute atomic E-state index is 13.0. The molecule has 282 valence electrons. The number of nitrogens with zero attached hydrogens (tertiary/aromatic N) is 8. The molecule has 2 aromatic carbocycles. The molecule has 5 aliphatic rings. The second-order valence-electron chi connectivity index (χ2n) is 15.7. The van der Waals surface area contributed by atoms with E-state index in [0.29, 0.717) is 6.04 Å². The number of piperazine rings is 2. The Morgan fingerprint density at radius 1 is 0.635 bits per heavy atom. The smallest absolute Gasteiger partial charge is 0.240 e. The number of amides is 1. The molecule has 2 atom stereocenters. The zero-order valence-corrected chi connectivity index (χ0v) is 32.3. The fourth-order valence-electron chi connectivity index (χ4n) is 8.61. The number of rotatable bonds is 5. The first-order chi connectivity index (χ1) is 25.3. The molecule has 9 rings (SSSR count). The summed E-state index contributed by atoms with van der Waals surface area (Å²) >= 11 is 0. The predicted octanol–water partition coefficient (Wildman–Crippen LogP) is 4.51. The third-order valence-electron chi connectivity index (χ3n) is 12.0. The highest BCUT2D eigenvalue weighted by Crippen LogP contribution is 2.26. The minimum absolute atomic E-state index is 0.0189. The normalized spacial score (nSPS) is 21.9. The molecule has 1 amide bonds. The molecule has 2 aromatic heterocycles. The summed E-state index contributed by atoms with van der Waals surface area (Å²) in [5.41, 5.74) is 5.41. The van der Waals surface area contributed by atoms with Gasteiger partial charge in [-0.15, -0.1) is 0 Å². The molecule has 0 spiro atoms. The molecule has 2 unspecified atom stereocenters. The highest BCUT2D eigenvalue weighted by Gasteiger charge is 2.30. The molecule has 52 heavy (non-hydrogen) atoms. The van der Waals surface area contributed by atoms with Gasteiger partial charge >= 0.3 is 0 Å². The van der Waals surface area contributed by atoms with E-state index in [4.69, 9.17) is 4.74 Å². The number of ether oxygens (including phenoxy) is 1. The summed E-state index contributed by atoms with van der Waals surface area (Å²) in [6.45, 7) is 22.4. The molecular weight excluding hydrogens is 649 g/mol. The van der Waals surface area contributed by atoms with Gasteiger partial charge in [-0.05, 0) is 75.8 Å². The molecule has 7 heterocycles. The van der Waals surface area contributed by atoms with Gasteiger partial charge in [-0.25, -0.2) is 0 Å². The summed E-state index contributed by atoms with van der Waals surface area (Å²) in [6, 6.07) is 22.5. The molecule has 0 radical (unpaired) electrons. The van der Waals surface area contributed by atoms with Crippen molar-refractivity contribution in [2.75, 3.05) is 99.3 Å².